The Balaban J connectivity index is 1.98. The first kappa shape index (κ1) is 14.9. The van der Waals surface area contributed by atoms with Crippen LogP contribution in [0.1, 0.15) is 24.6 Å². The lowest BCUT2D eigenvalue weighted by Crippen LogP contribution is -2.51. The van der Waals surface area contributed by atoms with E-state index in [4.69, 9.17) is 4.74 Å². The van der Waals surface area contributed by atoms with Crippen molar-refractivity contribution in [1.82, 2.24) is 15.2 Å². The van der Waals surface area contributed by atoms with Crippen molar-refractivity contribution in [2.24, 2.45) is 0 Å². The number of likely N-dealkylation sites (tertiary alicyclic amines) is 1. The molecule has 1 aliphatic rings. The Hall–Kier alpha value is -1.46. The molecule has 1 fully saturated rings. The summed E-state index contributed by atoms with van der Waals surface area (Å²) in [5.41, 5.74) is 1.52. The number of aryl methyl sites for hydroxylation is 1. The molecule has 1 aromatic heterocycles. The number of hydrogen-bond donors (Lipinski definition) is 1. The molecule has 1 N–H and O–H groups in total. The van der Waals surface area contributed by atoms with Crippen LogP contribution in [0.2, 0.25) is 0 Å². The van der Waals surface area contributed by atoms with Crippen molar-refractivity contribution in [3.05, 3.63) is 29.6 Å². The van der Waals surface area contributed by atoms with E-state index in [0.717, 1.165) is 17.8 Å². The predicted octanol–water partition coefficient (Wildman–Crippen LogP) is 1.12. The molecule has 5 nitrogen and oxygen atoms in total. The van der Waals surface area contributed by atoms with Crippen LogP contribution >= 0.6 is 0 Å². The van der Waals surface area contributed by atoms with Gasteiger partial charge in [-0.15, -0.1) is 0 Å². The normalized spacial score (nSPS) is 26.7. The molecule has 2 atom stereocenters. The summed E-state index contributed by atoms with van der Waals surface area (Å²) in [5.74, 6) is 0.0304. The second-order valence-electron chi connectivity index (χ2n) is 5.72. The van der Waals surface area contributed by atoms with E-state index >= 15 is 0 Å². The molecule has 2 rings (SSSR count). The van der Waals surface area contributed by atoms with E-state index in [1.165, 1.54) is 0 Å². The lowest BCUT2D eigenvalue weighted by molar-refractivity contribution is -0.130. The highest BCUT2D eigenvalue weighted by molar-refractivity contribution is 5.86. The maximum Gasteiger partial charge on any atom is 0.240 e. The average Bonchev–Trinajstić information content (AvgIpc) is 2.73. The first-order chi connectivity index (χ1) is 9.45. The Morgan fingerprint density at radius 1 is 1.65 bits per heavy atom. The van der Waals surface area contributed by atoms with Crippen LogP contribution in [0.25, 0.3) is 0 Å². The maximum atomic E-state index is 12.5. The van der Waals surface area contributed by atoms with Gasteiger partial charge in [0, 0.05) is 26.3 Å². The second kappa shape index (κ2) is 5.89. The topological polar surface area (TPSA) is 54.5 Å². The largest absolute Gasteiger partial charge is 0.380 e. The lowest BCUT2D eigenvalue weighted by atomic mass is 9.97. The summed E-state index contributed by atoms with van der Waals surface area (Å²) in [5, 5.41) is 2.99. The van der Waals surface area contributed by atoms with Gasteiger partial charge < -0.3 is 10.1 Å². The summed E-state index contributed by atoms with van der Waals surface area (Å²) in [6.07, 6.45) is 2.60. The zero-order valence-corrected chi connectivity index (χ0v) is 12.6. The molecule has 2 unspecified atom stereocenters. The van der Waals surface area contributed by atoms with Crippen LogP contribution in [0.3, 0.4) is 0 Å². The molecule has 0 aliphatic carbocycles. The summed E-state index contributed by atoms with van der Waals surface area (Å²) < 4.78 is 5.37. The molecule has 110 valence electrons. The smallest absolute Gasteiger partial charge is 0.240 e. The average molecular weight is 277 g/mol. The molecular weight excluding hydrogens is 254 g/mol. The van der Waals surface area contributed by atoms with Crippen LogP contribution in [0.4, 0.5) is 0 Å². The summed E-state index contributed by atoms with van der Waals surface area (Å²) in [6, 6.07) is 3.93. The van der Waals surface area contributed by atoms with E-state index in [2.05, 4.69) is 15.2 Å². The first-order valence-electron chi connectivity index (χ1n) is 6.89. The van der Waals surface area contributed by atoms with E-state index in [1.807, 2.05) is 33.0 Å². The summed E-state index contributed by atoms with van der Waals surface area (Å²) in [6.45, 7) is 5.22. The van der Waals surface area contributed by atoms with Crippen molar-refractivity contribution in [2.45, 2.75) is 38.5 Å². The fourth-order valence-corrected chi connectivity index (χ4v) is 2.65. The molecule has 1 amide bonds. The molecule has 1 aromatic rings. The molecule has 1 aliphatic heterocycles. The third-order valence-corrected chi connectivity index (χ3v) is 4.17. The van der Waals surface area contributed by atoms with E-state index in [-0.39, 0.29) is 12.0 Å². The van der Waals surface area contributed by atoms with Gasteiger partial charge in [0.1, 0.15) is 0 Å². The number of amides is 1. The minimum atomic E-state index is -0.509. The maximum absolute atomic E-state index is 12.5. The number of carbonyl (C=O) groups is 1. The predicted molar refractivity (Wildman–Crippen MR) is 77.3 cm³/mol. The third kappa shape index (κ3) is 2.99. The van der Waals surface area contributed by atoms with Crippen LogP contribution in [0.15, 0.2) is 18.3 Å². The van der Waals surface area contributed by atoms with Crippen molar-refractivity contribution in [1.29, 1.82) is 0 Å². The van der Waals surface area contributed by atoms with Crippen LogP contribution in [-0.2, 0) is 16.1 Å². The molecular formula is C15H23N3O2. The number of nitrogens with zero attached hydrogens (tertiary/aromatic N) is 2. The fraction of sp³-hybridized carbons (Fsp3) is 0.600. The number of ether oxygens (including phenoxy) is 1. The van der Waals surface area contributed by atoms with E-state index in [9.17, 15) is 4.79 Å². The summed E-state index contributed by atoms with van der Waals surface area (Å²) >= 11 is 0. The Morgan fingerprint density at radius 3 is 3.00 bits per heavy atom. The van der Waals surface area contributed by atoms with Gasteiger partial charge in [0.25, 0.3) is 0 Å². The van der Waals surface area contributed by atoms with Gasteiger partial charge in [0.2, 0.25) is 5.91 Å². The van der Waals surface area contributed by atoms with Crippen LogP contribution in [-0.4, -0.2) is 48.1 Å². The summed E-state index contributed by atoms with van der Waals surface area (Å²) in [7, 11) is 3.66. The number of aromatic nitrogens is 1. The van der Waals surface area contributed by atoms with Crippen molar-refractivity contribution < 1.29 is 9.53 Å². The highest BCUT2D eigenvalue weighted by atomic mass is 16.5. The molecule has 0 saturated carbocycles. The minimum absolute atomic E-state index is 0.0304. The standard InChI is InChI=1S/C15H23N3O2/c1-11-5-6-16-12(7-11)9-17-14(19)15(2)8-13(20-4)10-18(15)3/h5-7,13H,8-10H2,1-4H3,(H,17,19). The van der Waals surface area contributed by atoms with Gasteiger partial charge in [0.05, 0.1) is 23.9 Å². The number of nitrogens with one attached hydrogen (secondary N) is 1. The van der Waals surface area contributed by atoms with E-state index < -0.39 is 5.54 Å². The second-order valence-corrected chi connectivity index (χ2v) is 5.72. The number of carbonyl (C=O) groups excluding carboxylic acids is 1. The lowest BCUT2D eigenvalue weighted by Gasteiger charge is -2.30. The van der Waals surface area contributed by atoms with Crippen molar-refractivity contribution >= 4 is 5.91 Å². The molecule has 0 aromatic carbocycles. The van der Waals surface area contributed by atoms with E-state index in [0.29, 0.717) is 13.0 Å². The Labute approximate surface area is 120 Å². The van der Waals surface area contributed by atoms with Crippen LogP contribution < -0.4 is 5.32 Å². The van der Waals surface area contributed by atoms with Crippen molar-refractivity contribution in [3.8, 4) is 0 Å². The number of hydrogen-bond acceptors (Lipinski definition) is 4. The van der Waals surface area contributed by atoms with Gasteiger partial charge in [-0.2, -0.15) is 0 Å². The molecule has 0 spiro atoms. The third-order valence-electron chi connectivity index (χ3n) is 4.17. The van der Waals surface area contributed by atoms with Gasteiger partial charge in [0.15, 0.2) is 0 Å². The van der Waals surface area contributed by atoms with Gasteiger partial charge in [-0.25, -0.2) is 0 Å². The number of methoxy groups -OCH3 is 1. The SMILES string of the molecule is COC1CN(C)C(C)(C(=O)NCc2cc(C)ccn2)C1. The molecule has 20 heavy (non-hydrogen) atoms. The minimum Gasteiger partial charge on any atom is -0.380 e. The monoisotopic (exact) mass is 277 g/mol. The highest BCUT2D eigenvalue weighted by Gasteiger charge is 2.45. The van der Waals surface area contributed by atoms with Gasteiger partial charge in [-0.05, 0) is 38.6 Å². The number of rotatable bonds is 4. The Kier molecular flexibility index (Phi) is 4.40. The quantitative estimate of drug-likeness (QED) is 0.896. The molecule has 0 radical (unpaired) electrons. The first-order valence-corrected chi connectivity index (χ1v) is 6.89. The van der Waals surface area contributed by atoms with Crippen molar-refractivity contribution in [3.63, 3.8) is 0 Å². The van der Waals surface area contributed by atoms with Gasteiger partial charge in [-0.1, -0.05) is 0 Å². The van der Waals surface area contributed by atoms with Crippen LogP contribution in [0, 0.1) is 6.92 Å². The number of likely N-dealkylation sites (N-methyl/N-ethyl adjacent to an activating group) is 1. The zero-order valence-electron chi connectivity index (χ0n) is 12.6. The Morgan fingerprint density at radius 2 is 2.40 bits per heavy atom. The molecule has 0 bridgehead atoms. The fourth-order valence-electron chi connectivity index (χ4n) is 2.65. The van der Waals surface area contributed by atoms with Gasteiger partial charge >= 0.3 is 0 Å². The summed E-state index contributed by atoms with van der Waals surface area (Å²) in [4.78, 5) is 18.8. The molecule has 5 heteroatoms. The van der Waals surface area contributed by atoms with Crippen LogP contribution in [0.5, 0.6) is 0 Å². The highest BCUT2D eigenvalue weighted by Crippen LogP contribution is 2.29. The Bertz CT molecular complexity index is 492. The van der Waals surface area contributed by atoms with Crippen molar-refractivity contribution in [2.75, 3.05) is 20.7 Å². The molecule has 1 saturated heterocycles. The molecule has 2 heterocycles. The van der Waals surface area contributed by atoms with Gasteiger partial charge in [-0.3, -0.25) is 14.7 Å². The zero-order chi connectivity index (χ0) is 14.8. The van der Waals surface area contributed by atoms with E-state index in [1.54, 1.807) is 13.3 Å². The number of pyridine rings is 1.